The Bertz CT molecular complexity index is 901. The van der Waals surface area contributed by atoms with Crippen LogP contribution in [0, 0.1) is 0 Å². The monoisotopic (exact) mass is 371 g/mol. The van der Waals surface area contributed by atoms with Gasteiger partial charge in [0.25, 0.3) is 0 Å². The molecule has 0 atom stereocenters. The molecule has 1 aromatic carbocycles. The molecule has 3 aromatic rings. The fourth-order valence-electron chi connectivity index (χ4n) is 2.97. The van der Waals surface area contributed by atoms with Crippen molar-refractivity contribution in [2.45, 2.75) is 19.5 Å². The van der Waals surface area contributed by atoms with Crippen LogP contribution in [-0.4, -0.2) is 31.4 Å². The van der Waals surface area contributed by atoms with Crippen molar-refractivity contribution >= 4 is 23.2 Å². The van der Waals surface area contributed by atoms with Crippen molar-refractivity contribution in [3.05, 3.63) is 70.0 Å². The van der Waals surface area contributed by atoms with Crippen LogP contribution in [0.1, 0.15) is 16.8 Å². The maximum atomic E-state index is 6.31. The number of hydrogen-bond acceptors (Lipinski definition) is 5. The van der Waals surface area contributed by atoms with Crippen LogP contribution in [0.3, 0.4) is 0 Å². The molecule has 3 heterocycles. The van der Waals surface area contributed by atoms with Crippen molar-refractivity contribution in [2.24, 2.45) is 0 Å². The van der Waals surface area contributed by atoms with Gasteiger partial charge in [-0.25, -0.2) is 19.9 Å². The Kier molecular flexibility index (Phi) is 4.61. The number of fused-ring (bicyclic) bond motifs is 1. The summed E-state index contributed by atoms with van der Waals surface area (Å²) in [5.41, 5.74) is 4.10. The first-order valence-corrected chi connectivity index (χ1v) is 8.72. The van der Waals surface area contributed by atoms with Gasteiger partial charge in [0.2, 0.25) is 0 Å². The van der Waals surface area contributed by atoms with Gasteiger partial charge in [0.05, 0.1) is 21.3 Å². The third-order valence-corrected chi connectivity index (χ3v) is 5.12. The second kappa shape index (κ2) is 7.04. The van der Waals surface area contributed by atoms with E-state index in [4.69, 9.17) is 28.2 Å². The summed E-state index contributed by atoms with van der Waals surface area (Å²) in [5.74, 6) is 0.672. The quantitative estimate of drug-likeness (QED) is 0.700. The van der Waals surface area contributed by atoms with Crippen LogP contribution in [-0.2, 0) is 19.5 Å². The summed E-state index contributed by atoms with van der Waals surface area (Å²) < 4.78 is 0. The van der Waals surface area contributed by atoms with Crippen LogP contribution in [0.25, 0.3) is 11.4 Å². The van der Waals surface area contributed by atoms with Gasteiger partial charge < -0.3 is 0 Å². The van der Waals surface area contributed by atoms with Crippen molar-refractivity contribution in [3.63, 3.8) is 0 Å². The highest BCUT2D eigenvalue weighted by molar-refractivity contribution is 6.42. The Morgan fingerprint density at radius 2 is 1.92 bits per heavy atom. The molecule has 0 fully saturated rings. The Morgan fingerprint density at radius 1 is 1.08 bits per heavy atom. The number of hydrogen-bond donors (Lipinski definition) is 0. The van der Waals surface area contributed by atoms with Crippen molar-refractivity contribution in [1.82, 2.24) is 24.8 Å². The average molecular weight is 372 g/mol. The lowest BCUT2D eigenvalue weighted by atomic mass is 10.1. The minimum atomic E-state index is 0.592. The number of benzene rings is 1. The predicted molar refractivity (Wildman–Crippen MR) is 97.3 cm³/mol. The molecule has 0 amide bonds. The maximum absolute atomic E-state index is 6.31. The summed E-state index contributed by atoms with van der Waals surface area (Å²) >= 11 is 12.4. The van der Waals surface area contributed by atoms with E-state index in [1.165, 1.54) is 6.33 Å². The molecule has 0 bridgehead atoms. The van der Waals surface area contributed by atoms with Crippen LogP contribution in [0.2, 0.25) is 10.0 Å². The Labute approximate surface area is 155 Å². The maximum Gasteiger partial charge on any atom is 0.162 e. The Balaban J connectivity index is 1.53. The molecule has 7 heteroatoms. The molecular weight excluding hydrogens is 357 g/mol. The van der Waals surface area contributed by atoms with Gasteiger partial charge in [0, 0.05) is 50.2 Å². The van der Waals surface area contributed by atoms with Crippen molar-refractivity contribution in [2.75, 3.05) is 6.54 Å². The van der Waals surface area contributed by atoms with Crippen molar-refractivity contribution < 1.29 is 0 Å². The second-order valence-corrected chi connectivity index (χ2v) is 6.75. The van der Waals surface area contributed by atoms with Gasteiger partial charge in [0.15, 0.2) is 5.82 Å². The fraction of sp³-hybridized carbons (Fsp3) is 0.222. The van der Waals surface area contributed by atoms with E-state index in [9.17, 15) is 0 Å². The molecule has 0 radical (unpaired) electrons. The van der Waals surface area contributed by atoms with E-state index < -0.39 is 0 Å². The highest BCUT2D eigenvalue weighted by Gasteiger charge is 2.20. The Morgan fingerprint density at radius 3 is 2.76 bits per heavy atom. The standard InChI is InChI=1S/C18H15Cl2N5/c19-15-3-1-2-12(17(15)20)9-25-5-4-16-14(10-25)8-23-18(24-16)13-6-21-11-22-7-13/h1-3,6-8,11H,4-5,9-10H2. The van der Waals surface area contributed by atoms with E-state index in [0.717, 1.165) is 48.4 Å². The number of aromatic nitrogens is 4. The van der Waals surface area contributed by atoms with E-state index in [1.54, 1.807) is 12.4 Å². The third-order valence-electron chi connectivity index (χ3n) is 4.26. The smallest absolute Gasteiger partial charge is 0.162 e. The zero-order valence-corrected chi connectivity index (χ0v) is 14.9. The fourth-order valence-corrected chi connectivity index (χ4v) is 3.35. The zero-order chi connectivity index (χ0) is 17.2. The lowest BCUT2D eigenvalue weighted by Crippen LogP contribution is -2.31. The van der Waals surface area contributed by atoms with Crippen molar-refractivity contribution in [3.8, 4) is 11.4 Å². The molecule has 1 aliphatic heterocycles. The van der Waals surface area contributed by atoms with Gasteiger partial charge in [-0.2, -0.15) is 0 Å². The highest BCUT2D eigenvalue weighted by atomic mass is 35.5. The zero-order valence-electron chi connectivity index (χ0n) is 13.4. The minimum absolute atomic E-state index is 0.592. The first-order chi connectivity index (χ1) is 12.2. The summed E-state index contributed by atoms with van der Waals surface area (Å²) in [4.78, 5) is 19.5. The van der Waals surface area contributed by atoms with E-state index in [0.29, 0.717) is 15.9 Å². The summed E-state index contributed by atoms with van der Waals surface area (Å²) in [6, 6.07) is 5.75. The number of rotatable bonds is 3. The Hall–Kier alpha value is -2.08. The predicted octanol–water partition coefficient (Wildman–Crippen LogP) is 3.80. The summed E-state index contributed by atoms with van der Waals surface area (Å²) in [7, 11) is 0. The van der Waals surface area contributed by atoms with Crippen LogP contribution >= 0.6 is 23.2 Å². The molecule has 0 saturated carbocycles. The van der Waals surface area contributed by atoms with Gasteiger partial charge in [-0.15, -0.1) is 0 Å². The number of nitrogens with zero attached hydrogens (tertiary/aromatic N) is 5. The minimum Gasteiger partial charge on any atom is -0.294 e. The highest BCUT2D eigenvalue weighted by Crippen LogP contribution is 2.28. The first-order valence-electron chi connectivity index (χ1n) is 7.96. The SMILES string of the molecule is Clc1cccc(CN2CCc3nc(-c4cncnc4)ncc3C2)c1Cl. The third kappa shape index (κ3) is 3.49. The summed E-state index contributed by atoms with van der Waals surface area (Å²) in [5, 5.41) is 1.22. The second-order valence-electron chi connectivity index (χ2n) is 5.97. The van der Waals surface area contributed by atoms with Gasteiger partial charge in [-0.3, -0.25) is 4.90 Å². The van der Waals surface area contributed by atoms with E-state index >= 15 is 0 Å². The molecule has 0 saturated heterocycles. The molecule has 4 rings (SSSR count). The molecule has 0 unspecified atom stereocenters. The largest absolute Gasteiger partial charge is 0.294 e. The molecule has 2 aromatic heterocycles. The van der Waals surface area contributed by atoms with Gasteiger partial charge >= 0.3 is 0 Å². The van der Waals surface area contributed by atoms with Gasteiger partial charge in [0.1, 0.15) is 6.33 Å². The lowest BCUT2D eigenvalue weighted by molar-refractivity contribution is 0.243. The van der Waals surface area contributed by atoms with Gasteiger partial charge in [-0.05, 0) is 11.6 Å². The molecule has 0 N–H and O–H groups in total. The molecule has 5 nitrogen and oxygen atoms in total. The number of halogens is 2. The molecule has 1 aliphatic rings. The molecule has 126 valence electrons. The lowest BCUT2D eigenvalue weighted by Gasteiger charge is -2.28. The van der Waals surface area contributed by atoms with Crippen LogP contribution in [0.15, 0.2) is 43.1 Å². The average Bonchev–Trinajstić information content (AvgIpc) is 2.66. The van der Waals surface area contributed by atoms with Gasteiger partial charge in [-0.1, -0.05) is 35.3 Å². The molecular formula is C18H15Cl2N5. The van der Waals surface area contributed by atoms with E-state index in [-0.39, 0.29) is 0 Å². The molecule has 0 aliphatic carbocycles. The van der Waals surface area contributed by atoms with Crippen LogP contribution < -0.4 is 0 Å². The molecule has 25 heavy (non-hydrogen) atoms. The van der Waals surface area contributed by atoms with E-state index in [1.807, 2.05) is 24.4 Å². The topological polar surface area (TPSA) is 54.8 Å². The summed E-state index contributed by atoms with van der Waals surface area (Å²) in [6.07, 6.45) is 7.73. The van der Waals surface area contributed by atoms with Crippen LogP contribution in [0.5, 0.6) is 0 Å². The molecule has 0 spiro atoms. The normalized spacial score (nSPS) is 14.3. The van der Waals surface area contributed by atoms with Crippen molar-refractivity contribution in [1.29, 1.82) is 0 Å². The van der Waals surface area contributed by atoms with E-state index in [2.05, 4.69) is 19.9 Å². The first kappa shape index (κ1) is 16.4. The van der Waals surface area contributed by atoms with Crippen LogP contribution in [0.4, 0.5) is 0 Å². The summed E-state index contributed by atoms with van der Waals surface area (Å²) in [6.45, 7) is 2.47.